The van der Waals surface area contributed by atoms with Crippen LogP contribution in [0.3, 0.4) is 0 Å². The number of benzene rings is 3. The summed E-state index contributed by atoms with van der Waals surface area (Å²) < 4.78 is 29.1. The van der Waals surface area contributed by atoms with E-state index in [1.807, 2.05) is 30.3 Å². The predicted molar refractivity (Wildman–Crippen MR) is 120 cm³/mol. The lowest BCUT2D eigenvalue weighted by atomic mass is 10.0. The van der Waals surface area contributed by atoms with Gasteiger partial charge in [-0.25, -0.2) is 13.8 Å². The number of aromatic hydroxyl groups is 1. The highest BCUT2D eigenvalue weighted by molar-refractivity contribution is 5.64. The lowest BCUT2D eigenvalue weighted by Gasteiger charge is -2.17. The van der Waals surface area contributed by atoms with Crippen LogP contribution < -0.4 is 5.56 Å². The molecule has 0 spiro atoms. The van der Waals surface area contributed by atoms with Gasteiger partial charge in [0, 0.05) is 24.2 Å². The largest absolute Gasteiger partial charge is 0.504 e. The molecular formula is C26H22F2N2O2. The van der Waals surface area contributed by atoms with Crippen LogP contribution in [0.5, 0.6) is 5.75 Å². The lowest BCUT2D eigenvalue weighted by molar-refractivity contribution is 0.433. The number of para-hydroxylation sites is 1. The molecule has 0 saturated carbocycles. The molecular weight excluding hydrogens is 410 g/mol. The summed E-state index contributed by atoms with van der Waals surface area (Å²) in [5.74, 6) is -1.53. The van der Waals surface area contributed by atoms with E-state index in [2.05, 4.69) is 4.98 Å². The van der Waals surface area contributed by atoms with Crippen LogP contribution in [-0.2, 0) is 19.4 Å². The predicted octanol–water partition coefficient (Wildman–Crippen LogP) is 5.04. The lowest BCUT2D eigenvalue weighted by Crippen LogP contribution is -2.29. The van der Waals surface area contributed by atoms with Crippen molar-refractivity contribution in [1.29, 1.82) is 0 Å². The van der Waals surface area contributed by atoms with Crippen molar-refractivity contribution in [2.75, 3.05) is 0 Å². The summed E-state index contributed by atoms with van der Waals surface area (Å²) in [6.07, 6.45) is 0.768. The Labute approximate surface area is 184 Å². The third-order valence-electron chi connectivity index (χ3n) is 5.43. The Morgan fingerprint density at radius 3 is 2.41 bits per heavy atom. The fourth-order valence-corrected chi connectivity index (χ4v) is 3.75. The zero-order valence-electron chi connectivity index (χ0n) is 17.6. The van der Waals surface area contributed by atoms with Crippen LogP contribution in [0.25, 0.3) is 11.4 Å². The molecule has 1 N–H and O–H groups in total. The average Bonchev–Trinajstić information content (AvgIpc) is 2.78. The first-order valence-corrected chi connectivity index (χ1v) is 10.3. The maximum atomic E-state index is 14.1. The summed E-state index contributed by atoms with van der Waals surface area (Å²) in [5, 5.41) is 10.3. The number of nitrogens with zero attached hydrogens (tertiary/aromatic N) is 2. The van der Waals surface area contributed by atoms with Crippen molar-refractivity contribution in [1.82, 2.24) is 9.55 Å². The van der Waals surface area contributed by atoms with Crippen molar-refractivity contribution in [2.45, 2.75) is 26.3 Å². The molecule has 4 nitrogen and oxygen atoms in total. The number of phenolic OH excluding ortho intramolecular Hbond substituents is 1. The SMILES string of the molecule is Cc1nc(-c2cccc(F)c2O)n(CCc2cccc(F)c2)c(=O)c1Cc1ccccc1. The quantitative estimate of drug-likeness (QED) is 0.465. The van der Waals surface area contributed by atoms with Crippen molar-refractivity contribution in [3.8, 4) is 17.1 Å². The second-order valence-electron chi connectivity index (χ2n) is 7.63. The normalized spacial score (nSPS) is 11.0. The van der Waals surface area contributed by atoms with E-state index >= 15 is 0 Å². The third-order valence-corrected chi connectivity index (χ3v) is 5.43. The molecule has 0 aliphatic carbocycles. The van der Waals surface area contributed by atoms with Gasteiger partial charge in [-0.05, 0) is 48.7 Å². The van der Waals surface area contributed by atoms with Crippen molar-refractivity contribution >= 4 is 0 Å². The zero-order valence-corrected chi connectivity index (χ0v) is 17.6. The van der Waals surface area contributed by atoms with Gasteiger partial charge in [0.2, 0.25) is 0 Å². The molecule has 4 aromatic rings. The topological polar surface area (TPSA) is 55.1 Å². The van der Waals surface area contributed by atoms with Crippen LogP contribution >= 0.6 is 0 Å². The molecule has 0 radical (unpaired) electrons. The second-order valence-corrected chi connectivity index (χ2v) is 7.63. The van der Waals surface area contributed by atoms with E-state index in [0.29, 0.717) is 24.1 Å². The van der Waals surface area contributed by atoms with Crippen LogP contribution in [0.1, 0.15) is 22.4 Å². The van der Waals surface area contributed by atoms with Crippen LogP contribution in [0.15, 0.2) is 77.6 Å². The summed E-state index contributed by atoms with van der Waals surface area (Å²) in [6.45, 7) is 1.93. The number of hydrogen-bond acceptors (Lipinski definition) is 3. The molecule has 6 heteroatoms. The van der Waals surface area contributed by atoms with E-state index in [0.717, 1.165) is 17.2 Å². The molecule has 1 heterocycles. The van der Waals surface area contributed by atoms with Gasteiger partial charge in [0.15, 0.2) is 11.6 Å². The number of aryl methyl sites for hydroxylation is 2. The van der Waals surface area contributed by atoms with E-state index < -0.39 is 11.6 Å². The summed E-state index contributed by atoms with van der Waals surface area (Å²) in [4.78, 5) is 18.1. The minimum atomic E-state index is -0.792. The van der Waals surface area contributed by atoms with Crippen LogP contribution in [0.4, 0.5) is 8.78 Å². The molecule has 0 atom stereocenters. The van der Waals surface area contributed by atoms with Gasteiger partial charge in [-0.2, -0.15) is 0 Å². The summed E-state index contributed by atoms with van der Waals surface area (Å²) in [6, 6.07) is 19.9. The Kier molecular flexibility index (Phi) is 6.12. The first-order valence-electron chi connectivity index (χ1n) is 10.3. The fraction of sp³-hybridized carbons (Fsp3) is 0.154. The Bertz CT molecular complexity index is 1320. The molecule has 162 valence electrons. The van der Waals surface area contributed by atoms with E-state index in [4.69, 9.17) is 0 Å². The second kappa shape index (κ2) is 9.14. The highest BCUT2D eigenvalue weighted by Gasteiger charge is 2.19. The number of phenols is 1. The van der Waals surface area contributed by atoms with E-state index in [1.54, 1.807) is 19.1 Å². The maximum absolute atomic E-state index is 14.1. The molecule has 0 saturated heterocycles. The number of aromatic nitrogens is 2. The molecule has 0 amide bonds. The standard InChI is InChI=1S/C26H22F2N2O2/c1-17-22(16-18-7-3-2-4-8-18)26(32)30(14-13-19-9-5-10-20(27)15-19)25(29-17)21-11-6-12-23(28)24(21)31/h2-12,15,31H,13-14,16H2,1H3. The molecule has 0 aliphatic heterocycles. The average molecular weight is 432 g/mol. The van der Waals surface area contributed by atoms with Crippen LogP contribution in [0.2, 0.25) is 0 Å². The van der Waals surface area contributed by atoms with Gasteiger partial charge in [0.25, 0.3) is 5.56 Å². The number of rotatable bonds is 6. The van der Waals surface area contributed by atoms with Gasteiger partial charge in [0.1, 0.15) is 11.6 Å². The molecule has 3 aromatic carbocycles. The van der Waals surface area contributed by atoms with Crippen LogP contribution in [0, 0.1) is 18.6 Å². The van der Waals surface area contributed by atoms with Gasteiger partial charge >= 0.3 is 0 Å². The fourth-order valence-electron chi connectivity index (χ4n) is 3.75. The van der Waals surface area contributed by atoms with E-state index in [-0.39, 0.29) is 29.3 Å². The van der Waals surface area contributed by atoms with Gasteiger partial charge in [-0.15, -0.1) is 0 Å². The summed E-state index contributed by atoms with van der Waals surface area (Å²) >= 11 is 0. The Morgan fingerprint density at radius 2 is 1.66 bits per heavy atom. The molecule has 0 unspecified atom stereocenters. The highest BCUT2D eigenvalue weighted by Crippen LogP contribution is 2.30. The van der Waals surface area contributed by atoms with Crippen molar-refractivity contribution in [3.63, 3.8) is 0 Å². The van der Waals surface area contributed by atoms with E-state index in [1.165, 1.54) is 28.8 Å². The summed E-state index contributed by atoms with van der Waals surface area (Å²) in [5.41, 5.74) is 2.59. The minimum absolute atomic E-state index is 0.135. The van der Waals surface area contributed by atoms with Crippen molar-refractivity contribution in [2.24, 2.45) is 0 Å². The van der Waals surface area contributed by atoms with Gasteiger partial charge in [-0.3, -0.25) is 9.36 Å². The summed E-state index contributed by atoms with van der Waals surface area (Å²) in [7, 11) is 0. The Balaban J connectivity index is 1.83. The first-order chi connectivity index (χ1) is 15.4. The smallest absolute Gasteiger partial charge is 0.257 e. The van der Waals surface area contributed by atoms with Crippen molar-refractivity contribution in [3.05, 3.63) is 117 Å². The minimum Gasteiger partial charge on any atom is -0.504 e. The number of hydrogen-bond donors (Lipinski definition) is 1. The van der Waals surface area contributed by atoms with Gasteiger partial charge in [0.05, 0.1) is 5.56 Å². The maximum Gasteiger partial charge on any atom is 0.257 e. The monoisotopic (exact) mass is 432 g/mol. The third kappa shape index (κ3) is 4.44. The highest BCUT2D eigenvalue weighted by atomic mass is 19.1. The molecule has 0 bridgehead atoms. The first kappa shape index (κ1) is 21.4. The Hall–Kier alpha value is -3.80. The number of halogens is 2. The van der Waals surface area contributed by atoms with E-state index in [9.17, 15) is 18.7 Å². The molecule has 1 aromatic heterocycles. The molecule has 0 fully saturated rings. The Morgan fingerprint density at radius 1 is 0.938 bits per heavy atom. The van der Waals surface area contributed by atoms with Gasteiger partial charge in [-0.1, -0.05) is 48.5 Å². The molecule has 0 aliphatic rings. The molecule has 32 heavy (non-hydrogen) atoms. The molecule has 4 rings (SSSR count). The van der Waals surface area contributed by atoms with Crippen molar-refractivity contribution < 1.29 is 13.9 Å². The zero-order chi connectivity index (χ0) is 22.7. The van der Waals surface area contributed by atoms with Gasteiger partial charge < -0.3 is 5.11 Å². The van der Waals surface area contributed by atoms with Crippen LogP contribution in [-0.4, -0.2) is 14.7 Å².